The molecule has 0 aliphatic heterocycles. The first-order valence-corrected chi connectivity index (χ1v) is 5.94. The number of alkyl halides is 2. The van der Waals surface area contributed by atoms with E-state index in [9.17, 15) is 13.6 Å². The number of carbonyl (C=O) groups is 1. The Hall–Kier alpha value is -2.44. The Labute approximate surface area is 114 Å². The van der Waals surface area contributed by atoms with Crippen LogP contribution in [0.25, 0.3) is 11.3 Å². The summed E-state index contributed by atoms with van der Waals surface area (Å²) in [6, 6.07) is 7.71. The predicted octanol–water partition coefficient (Wildman–Crippen LogP) is 2.27. The van der Waals surface area contributed by atoms with E-state index in [1.807, 2.05) is 6.92 Å². The molecule has 0 aliphatic rings. The number of rotatable bonds is 5. The number of hydrogen-bond donors (Lipinski definition) is 1. The van der Waals surface area contributed by atoms with Gasteiger partial charge in [0.15, 0.2) is 5.69 Å². The summed E-state index contributed by atoms with van der Waals surface area (Å²) in [7, 11) is 0. The third-order valence-electron chi connectivity index (χ3n) is 2.69. The second kappa shape index (κ2) is 5.68. The van der Waals surface area contributed by atoms with Gasteiger partial charge in [-0.2, -0.15) is 13.9 Å². The number of amides is 1. The van der Waals surface area contributed by atoms with Crippen LogP contribution in [0.4, 0.5) is 8.78 Å². The topological polar surface area (TPSA) is 70.1 Å². The molecule has 0 fully saturated rings. The number of nitrogens with zero attached hydrogens (tertiary/aromatic N) is 2. The molecule has 1 heterocycles. The van der Waals surface area contributed by atoms with Gasteiger partial charge in [0.05, 0.1) is 5.69 Å². The summed E-state index contributed by atoms with van der Waals surface area (Å²) in [5.74, 6) is -0.597. The van der Waals surface area contributed by atoms with Gasteiger partial charge in [-0.25, -0.2) is 0 Å². The van der Waals surface area contributed by atoms with Crippen LogP contribution < -0.4 is 10.5 Å². The van der Waals surface area contributed by atoms with Crippen LogP contribution in [0.15, 0.2) is 30.3 Å². The summed E-state index contributed by atoms with van der Waals surface area (Å²) >= 11 is 0. The van der Waals surface area contributed by atoms with Crippen molar-refractivity contribution >= 4 is 5.91 Å². The van der Waals surface area contributed by atoms with E-state index in [-0.39, 0.29) is 11.4 Å². The van der Waals surface area contributed by atoms with Crippen LogP contribution in [-0.4, -0.2) is 22.3 Å². The second-order valence-electron chi connectivity index (χ2n) is 4.00. The zero-order valence-corrected chi connectivity index (χ0v) is 10.7. The monoisotopic (exact) mass is 281 g/mol. The van der Waals surface area contributed by atoms with Crippen molar-refractivity contribution in [3.05, 3.63) is 36.0 Å². The number of carbonyl (C=O) groups excluding carboxylic acids is 1. The smallest absolute Gasteiger partial charge is 0.387 e. The molecule has 0 bridgehead atoms. The molecule has 2 N–H and O–H groups in total. The Bertz CT molecular complexity index is 626. The van der Waals surface area contributed by atoms with Crippen molar-refractivity contribution in [1.29, 1.82) is 0 Å². The molecule has 1 amide bonds. The van der Waals surface area contributed by atoms with Gasteiger partial charge in [-0.05, 0) is 25.1 Å². The van der Waals surface area contributed by atoms with Gasteiger partial charge in [-0.3, -0.25) is 9.48 Å². The van der Waals surface area contributed by atoms with Crippen molar-refractivity contribution in [2.24, 2.45) is 5.73 Å². The van der Waals surface area contributed by atoms with Crippen molar-refractivity contribution in [1.82, 2.24) is 9.78 Å². The first-order chi connectivity index (χ1) is 9.51. The maximum absolute atomic E-state index is 12.2. The van der Waals surface area contributed by atoms with Crippen molar-refractivity contribution in [3.8, 4) is 17.0 Å². The fraction of sp³-hybridized carbons (Fsp3) is 0.231. The molecule has 0 radical (unpaired) electrons. The quantitative estimate of drug-likeness (QED) is 0.914. The van der Waals surface area contributed by atoms with E-state index in [1.54, 1.807) is 16.8 Å². The van der Waals surface area contributed by atoms with Gasteiger partial charge in [-0.15, -0.1) is 0 Å². The first-order valence-electron chi connectivity index (χ1n) is 5.94. The lowest BCUT2D eigenvalue weighted by molar-refractivity contribution is -0.0498. The van der Waals surface area contributed by atoms with E-state index in [2.05, 4.69) is 9.84 Å². The number of nitrogens with two attached hydrogens (primary N) is 1. The standard InChI is InChI=1S/C13H13F2N3O2/c1-2-18-11(7-10(17-18)12(16)19)8-4-3-5-9(6-8)20-13(14)15/h3-7,13H,2H2,1H3,(H2,16,19). The fourth-order valence-corrected chi connectivity index (χ4v) is 1.84. The molecule has 0 spiro atoms. The molecule has 5 nitrogen and oxygen atoms in total. The van der Waals surface area contributed by atoms with E-state index in [1.165, 1.54) is 18.2 Å². The van der Waals surface area contributed by atoms with Gasteiger partial charge in [0, 0.05) is 12.1 Å². The maximum Gasteiger partial charge on any atom is 0.387 e. The van der Waals surface area contributed by atoms with E-state index in [0.717, 1.165) is 0 Å². The summed E-state index contributed by atoms with van der Waals surface area (Å²) in [5.41, 5.74) is 6.54. The van der Waals surface area contributed by atoms with Crippen LogP contribution >= 0.6 is 0 Å². The second-order valence-corrected chi connectivity index (χ2v) is 4.00. The number of hydrogen-bond acceptors (Lipinski definition) is 3. The first kappa shape index (κ1) is 14.0. The van der Waals surface area contributed by atoms with Gasteiger partial charge in [-0.1, -0.05) is 12.1 Å². The molecular weight excluding hydrogens is 268 g/mol. The summed E-state index contributed by atoms with van der Waals surface area (Å²) in [5, 5.41) is 4.05. The average molecular weight is 281 g/mol. The van der Waals surface area contributed by atoms with Gasteiger partial charge in [0.2, 0.25) is 0 Å². The van der Waals surface area contributed by atoms with E-state index >= 15 is 0 Å². The molecule has 0 saturated heterocycles. The van der Waals surface area contributed by atoms with Crippen molar-refractivity contribution in [2.75, 3.05) is 0 Å². The number of ether oxygens (including phenoxy) is 1. The minimum atomic E-state index is -2.89. The Morgan fingerprint density at radius 3 is 2.80 bits per heavy atom. The van der Waals surface area contributed by atoms with Crippen molar-refractivity contribution in [2.45, 2.75) is 20.1 Å². The lowest BCUT2D eigenvalue weighted by atomic mass is 10.1. The highest BCUT2D eigenvalue weighted by molar-refractivity contribution is 5.92. The summed E-state index contributed by atoms with van der Waals surface area (Å²) in [4.78, 5) is 11.1. The lowest BCUT2D eigenvalue weighted by Crippen LogP contribution is -2.12. The Balaban J connectivity index is 2.42. The zero-order valence-electron chi connectivity index (χ0n) is 10.7. The molecule has 1 aromatic heterocycles. The van der Waals surface area contributed by atoms with Crippen LogP contribution in [0.2, 0.25) is 0 Å². The normalized spacial score (nSPS) is 10.8. The van der Waals surface area contributed by atoms with Crippen LogP contribution in [0.3, 0.4) is 0 Å². The third-order valence-corrected chi connectivity index (χ3v) is 2.69. The van der Waals surface area contributed by atoms with Crippen molar-refractivity contribution < 1.29 is 18.3 Å². The molecule has 0 saturated carbocycles. The Kier molecular flexibility index (Phi) is 3.97. The molecule has 2 rings (SSSR count). The maximum atomic E-state index is 12.2. The van der Waals surface area contributed by atoms with Crippen molar-refractivity contribution in [3.63, 3.8) is 0 Å². The predicted molar refractivity (Wildman–Crippen MR) is 68.5 cm³/mol. The minimum Gasteiger partial charge on any atom is -0.435 e. The van der Waals surface area contributed by atoms with Crippen LogP contribution in [0.5, 0.6) is 5.75 Å². The number of halogens is 2. The molecule has 20 heavy (non-hydrogen) atoms. The molecule has 1 aromatic carbocycles. The van der Waals surface area contributed by atoms with E-state index in [0.29, 0.717) is 17.8 Å². The summed E-state index contributed by atoms with van der Waals surface area (Å²) in [6.07, 6.45) is 0. The molecular formula is C13H13F2N3O2. The summed E-state index contributed by atoms with van der Waals surface area (Å²) < 4.78 is 30.3. The van der Waals surface area contributed by atoms with Gasteiger partial charge in [0.1, 0.15) is 5.75 Å². The van der Waals surface area contributed by atoms with Crippen LogP contribution in [-0.2, 0) is 6.54 Å². The zero-order chi connectivity index (χ0) is 14.7. The number of aryl methyl sites for hydroxylation is 1. The highest BCUT2D eigenvalue weighted by Crippen LogP contribution is 2.25. The van der Waals surface area contributed by atoms with E-state index < -0.39 is 12.5 Å². The number of primary amides is 1. The number of benzene rings is 1. The van der Waals surface area contributed by atoms with Gasteiger partial charge in [0.25, 0.3) is 5.91 Å². The van der Waals surface area contributed by atoms with Crippen LogP contribution in [0.1, 0.15) is 17.4 Å². The van der Waals surface area contributed by atoms with Crippen LogP contribution in [0, 0.1) is 0 Å². The Morgan fingerprint density at radius 2 is 2.20 bits per heavy atom. The van der Waals surface area contributed by atoms with Gasteiger partial charge >= 0.3 is 6.61 Å². The number of aromatic nitrogens is 2. The highest BCUT2D eigenvalue weighted by atomic mass is 19.3. The van der Waals surface area contributed by atoms with Gasteiger partial charge < -0.3 is 10.5 Å². The Morgan fingerprint density at radius 1 is 1.45 bits per heavy atom. The average Bonchev–Trinajstić information content (AvgIpc) is 2.82. The molecule has 0 aliphatic carbocycles. The molecule has 7 heteroatoms. The molecule has 2 aromatic rings. The molecule has 0 unspecified atom stereocenters. The highest BCUT2D eigenvalue weighted by Gasteiger charge is 2.13. The molecule has 0 atom stereocenters. The minimum absolute atomic E-state index is 0.0435. The largest absolute Gasteiger partial charge is 0.435 e. The van der Waals surface area contributed by atoms with E-state index in [4.69, 9.17) is 5.73 Å². The summed E-state index contributed by atoms with van der Waals surface area (Å²) in [6.45, 7) is -0.522. The SMILES string of the molecule is CCn1nc(C(N)=O)cc1-c1cccc(OC(F)F)c1. The lowest BCUT2D eigenvalue weighted by Gasteiger charge is -2.08. The fourth-order valence-electron chi connectivity index (χ4n) is 1.84. The third kappa shape index (κ3) is 2.93. The molecule has 106 valence electrons.